The predicted molar refractivity (Wildman–Crippen MR) is 94.7 cm³/mol. The van der Waals surface area contributed by atoms with Gasteiger partial charge in [-0.25, -0.2) is 0 Å². The third-order valence-corrected chi connectivity index (χ3v) is 5.06. The van der Waals surface area contributed by atoms with Gasteiger partial charge >= 0.3 is 0 Å². The molecule has 0 radical (unpaired) electrons. The molecule has 3 rings (SSSR count). The van der Waals surface area contributed by atoms with Gasteiger partial charge in [0, 0.05) is 5.41 Å². The Morgan fingerprint density at radius 1 is 0.955 bits per heavy atom. The van der Waals surface area contributed by atoms with E-state index in [9.17, 15) is 0 Å². The summed E-state index contributed by atoms with van der Waals surface area (Å²) in [6.07, 6.45) is 3.50. The van der Waals surface area contributed by atoms with Crippen LogP contribution in [0.4, 0.5) is 0 Å². The van der Waals surface area contributed by atoms with Gasteiger partial charge in [0.05, 0.1) is 0 Å². The molecule has 0 fully saturated rings. The zero-order valence-corrected chi connectivity index (χ0v) is 14.3. The average molecular weight is 293 g/mol. The lowest BCUT2D eigenvalue weighted by Gasteiger charge is -2.36. The van der Waals surface area contributed by atoms with Crippen molar-refractivity contribution >= 4 is 0 Å². The van der Waals surface area contributed by atoms with E-state index >= 15 is 0 Å². The molecule has 116 valence electrons. The van der Waals surface area contributed by atoms with E-state index in [-0.39, 0.29) is 5.41 Å². The Bertz CT molecular complexity index is 667. The maximum absolute atomic E-state index is 2.37. The maximum atomic E-state index is 2.37. The monoisotopic (exact) mass is 293 g/mol. The lowest BCUT2D eigenvalue weighted by atomic mass is 9.68. The SMILES string of the molecule is CN(C)CCCc1cccc2c1Cc1ccccc1C2(C)C. The summed E-state index contributed by atoms with van der Waals surface area (Å²) < 4.78 is 0. The van der Waals surface area contributed by atoms with Gasteiger partial charge in [-0.3, -0.25) is 0 Å². The van der Waals surface area contributed by atoms with Gasteiger partial charge in [0.2, 0.25) is 0 Å². The average Bonchev–Trinajstić information content (AvgIpc) is 2.48. The van der Waals surface area contributed by atoms with Gasteiger partial charge in [0.15, 0.2) is 0 Å². The molecule has 2 aromatic carbocycles. The summed E-state index contributed by atoms with van der Waals surface area (Å²) in [7, 11) is 4.31. The molecular formula is C21H27N. The Hall–Kier alpha value is -1.60. The Balaban J connectivity index is 1.97. The Kier molecular flexibility index (Phi) is 4.10. The van der Waals surface area contributed by atoms with Crippen molar-refractivity contribution in [3.63, 3.8) is 0 Å². The first-order valence-corrected chi connectivity index (χ1v) is 8.34. The lowest BCUT2D eigenvalue weighted by molar-refractivity contribution is 0.400. The number of fused-ring (bicyclic) bond motifs is 2. The highest BCUT2D eigenvalue weighted by atomic mass is 15.0. The van der Waals surface area contributed by atoms with Gasteiger partial charge in [-0.2, -0.15) is 0 Å². The fourth-order valence-corrected chi connectivity index (χ4v) is 3.87. The van der Waals surface area contributed by atoms with E-state index in [1.807, 2.05) is 0 Å². The Morgan fingerprint density at radius 2 is 1.68 bits per heavy atom. The van der Waals surface area contributed by atoms with Gasteiger partial charge < -0.3 is 4.90 Å². The summed E-state index contributed by atoms with van der Waals surface area (Å²) in [6, 6.07) is 15.9. The van der Waals surface area contributed by atoms with Crippen LogP contribution in [0.15, 0.2) is 42.5 Å². The lowest BCUT2D eigenvalue weighted by Crippen LogP contribution is -2.28. The van der Waals surface area contributed by atoms with Crippen LogP contribution in [0.2, 0.25) is 0 Å². The molecule has 0 saturated carbocycles. The highest BCUT2D eigenvalue weighted by Gasteiger charge is 2.32. The van der Waals surface area contributed by atoms with Gasteiger partial charge in [0.1, 0.15) is 0 Å². The molecule has 0 spiro atoms. The van der Waals surface area contributed by atoms with Crippen LogP contribution in [0, 0.1) is 0 Å². The number of hydrogen-bond donors (Lipinski definition) is 0. The molecule has 0 bridgehead atoms. The van der Waals surface area contributed by atoms with Crippen LogP contribution in [0.5, 0.6) is 0 Å². The van der Waals surface area contributed by atoms with E-state index in [2.05, 4.69) is 75.3 Å². The van der Waals surface area contributed by atoms with Crippen molar-refractivity contribution in [1.29, 1.82) is 0 Å². The molecule has 1 aliphatic carbocycles. The second-order valence-corrected chi connectivity index (χ2v) is 7.31. The van der Waals surface area contributed by atoms with E-state index in [0.717, 1.165) is 13.0 Å². The van der Waals surface area contributed by atoms with E-state index in [1.165, 1.54) is 29.5 Å². The Labute approximate surface area is 135 Å². The smallest absolute Gasteiger partial charge is 0.0152 e. The van der Waals surface area contributed by atoms with Gasteiger partial charge in [-0.1, -0.05) is 56.3 Å². The number of hydrogen-bond acceptors (Lipinski definition) is 1. The number of rotatable bonds is 4. The van der Waals surface area contributed by atoms with Crippen molar-refractivity contribution in [1.82, 2.24) is 4.90 Å². The summed E-state index contributed by atoms with van der Waals surface area (Å²) >= 11 is 0. The van der Waals surface area contributed by atoms with Crippen LogP contribution >= 0.6 is 0 Å². The second kappa shape index (κ2) is 5.89. The number of nitrogens with zero attached hydrogens (tertiary/aromatic N) is 1. The predicted octanol–water partition coefficient (Wildman–Crippen LogP) is 4.41. The fourth-order valence-electron chi connectivity index (χ4n) is 3.87. The minimum atomic E-state index is 0.113. The third-order valence-electron chi connectivity index (χ3n) is 5.06. The molecule has 2 aromatic rings. The summed E-state index contributed by atoms with van der Waals surface area (Å²) in [6.45, 7) is 5.89. The van der Waals surface area contributed by atoms with Crippen LogP contribution in [0.25, 0.3) is 0 Å². The second-order valence-electron chi connectivity index (χ2n) is 7.31. The van der Waals surface area contributed by atoms with E-state index in [1.54, 1.807) is 11.1 Å². The molecule has 0 heterocycles. The quantitative estimate of drug-likeness (QED) is 0.807. The van der Waals surface area contributed by atoms with E-state index in [0.29, 0.717) is 0 Å². The van der Waals surface area contributed by atoms with Gasteiger partial charge in [-0.15, -0.1) is 0 Å². The zero-order chi connectivity index (χ0) is 15.7. The van der Waals surface area contributed by atoms with Crippen molar-refractivity contribution in [2.24, 2.45) is 0 Å². The first-order chi connectivity index (χ1) is 10.5. The van der Waals surface area contributed by atoms with Crippen molar-refractivity contribution in [3.8, 4) is 0 Å². The summed E-state index contributed by atoms with van der Waals surface area (Å²) in [5.74, 6) is 0. The fraction of sp³-hybridized carbons (Fsp3) is 0.429. The van der Waals surface area contributed by atoms with Crippen molar-refractivity contribution < 1.29 is 0 Å². The minimum absolute atomic E-state index is 0.113. The van der Waals surface area contributed by atoms with Crippen molar-refractivity contribution in [3.05, 3.63) is 70.3 Å². The van der Waals surface area contributed by atoms with Crippen LogP contribution in [0.1, 0.15) is 48.1 Å². The molecule has 0 saturated heterocycles. The molecule has 0 unspecified atom stereocenters. The molecule has 1 heteroatoms. The molecule has 1 nitrogen and oxygen atoms in total. The third kappa shape index (κ3) is 2.70. The first-order valence-electron chi connectivity index (χ1n) is 8.34. The largest absolute Gasteiger partial charge is 0.309 e. The van der Waals surface area contributed by atoms with E-state index in [4.69, 9.17) is 0 Å². The molecule has 22 heavy (non-hydrogen) atoms. The van der Waals surface area contributed by atoms with Gasteiger partial charge in [0.25, 0.3) is 0 Å². The molecule has 0 aromatic heterocycles. The van der Waals surface area contributed by atoms with Crippen LogP contribution in [-0.2, 0) is 18.3 Å². The van der Waals surface area contributed by atoms with Gasteiger partial charge in [-0.05, 0) is 67.7 Å². The summed E-state index contributed by atoms with van der Waals surface area (Å²) in [5, 5.41) is 0. The minimum Gasteiger partial charge on any atom is -0.309 e. The number of benzene rings is 2. The van der Waals surface area contributed by atoms with Crippen LogP contribution in [0.3, 0.4) is 0 Å². The highest BCUT2D eigenvalue weighted by molar-refractivity contribution is 5.54. The van der Waals surface area contributed by atoms with Crippen LogP contribution < -0.4 is 0 Å². The molecular weight excluding hydrogens is 266 g/mol. The highest BCUT2D eigenvalue weighted by Crippen LogP contribution is 2.42. The zero-order valence-electron chi connectivity index (χ0n) is 14.3. The van der Waals surface area contributed by atoms with Crippen molar-refractivity contribution in [2.75, 3.05) is 20.6 Å². The van der Waals surface area contributed by atoms with Crippen molar-refractivity contribution in [2.45, 2.75) is 38.5 Å². The normalized spacial score (nSPS) is 15.5. The molecule has 0 atom stereocenters. The number of aryl methyl sites for hydroxylation is 1. The first kappa shape index (κ1) is 15.3. The topological polar surface area (TPSA) is 3.24 Å². The summed E-state index contributed by atoms with van der Waals surface area (Å²) in [5.41, 5.74) is 7.75. The summed E-state index contributed by atoms with van der Waals surface area (Å²) in [4.78, 5) is 2.27. The molecule has 1 aliphatic rings. The molecule has 0 amide bonds. The molecule has 0 aliphatic heterocycles. The van der Waals surface area contributed by atoms with Crippen LogP contribution in [-0.4, -0.2) is 25.5 Å². The Morgan fingerprint density at radius 3 is 2.45 bits per heavy atom. The molecule has 0 N–H and O–H groups in total. The maximum Gasteiger partial charge on any atom is 0.0152 e. The standard InChI is InChI=1S/C21H27N/c1-21(2)19-12-6-5-9-17(19)15-18-16(10-7-13-20(18)21)11-8-14-22(3)4/h5-7,9-10,12-13H,8,11,14-15H2,1-4H3. The van der Waals surface area contributed by atoms with E-state index < -0.39 is 0 Å².